The number of nitrogens with zero attached hydrogens (tertiary/aromatic N) is 2. The van der Waals surface area contributed by atoms with E-state index in [1.807, 2.05) is 12.4 Å². The van der Waals surface area contributed by atoms with Gasteiger partial charge in [0.2, 0.25) is 0 Å². The molecule has 0 bridgehead atoms. The fraction of sp³-hybridized carbons (Fsp3) is 0.700. The van der Waals surface area contributed by atoms with Crippen LogP contribution >= 0.6 is 0 Å². The van der Waals surface area contributed by atoms with Gasteiger partial charge in [-0.3, -0.25) is 0 Å². The maximum atomic E-state index is 9.20. The Hall–Kier alpha value is -0.870. The van der Waals surface area contributed by atoms with E-state index in [1.165, 1.54) is 0 Å². The molecule has 14 heavy (non-hydrogen) atoms. The molecule has 0 saturated carbocycles. The summed E-state index contributed by atoms with van der Waals surface area (Å²) in [6.45, 7) is 4.24. The number of nitrogens with one attached hydrogen (secondary N) is 1. The Morgan fingerprint density at radius 3 is 3.29 bits per heavy atom. The van der Waals surface area contributed by atoms with E-state index in [0.29, 0.717) is 5.92 Å². The second-order valence-electron chi connectivity index (χ2n) is 3.71. The molecule has 2 rings (SSSR count). The van der Waals surface area contributed by atoms with Gasteiger partial charge in [-0.2, -0.15) is 0 Å². The third-order valence-electron chi connectivity index (χ3n) is 2.96. The van der Waals surface area contributed by atoms with Gasteiger partial charge in [0.25, 0.3) is 0 Å². The molecule has 78 valence electrons. The minimum Gasteiger partial charge on any atom is -0.395 e. The summed E-state index contributed by atoms with van der Waals surface area (Å²) in [4.78, 5) is 4.38. The summed E-state index contributed by atoms with van der Waals surface area (Å²) in [5.41, 5.74) is 0. The smallest absolute Gasteiger partial charge is 0.113 e. The zero-order valence-corrected chi connectivity index (χ0v) is 8.48. The molecule has 1 aromatic rings. The fourth-order valence-corrected chi connectivity index (χ4v) is 2.19. The third-order valence-corrected chi connectivity index (χ3v) is 2.96. The van der Waals surface area contributed by atoms with Gasteiger partial charge in [-0.1, -0.05) is 0 Å². The summed E-state index contributed by atoms with van der Waals surface area (Å²) in [5.74, 6) is 1.48. The number of aromatic nitrogens is 2. The van der Waals surface area contributed by atoms with Crippen molar-refractivity contribution >= 4 is 0 Å². The molecule has 0 radical (unpaired) electrons. The first-order valence-corrected chi connectivity index (χ1v) is 5.22. The lowest BCUT2D eigenvalue weighted by Crippen LogP contribution is -2.30. The molecule has 1 aliphatic rings. The SMILES string of the molecule is CCn1ccnc1C1CCNC1CO. The van der Waals surface area contributed by atoms with Gasteiger partial charge < -0.3 is 15.0 Å². The molecule has 1 aliphatic heterocycles. The van der Waals surface area contributed by atoms with Crippen LogP contribution in [0.4, 0.5) is 0 Å². The third kappa shape index (κ3) is 1.55. The Morgan fingerprint density at radius 2 is 2.57 bits per heavy atom. The normalized spacial score (nSPS) is 27.0. The predicted octanol–water partition coefficient (Wildman–Crippen LogP) is 0.341. The van der Waals surface area contributed by atoms with E-state index in [0.717, 1.165) is 25.3 Å². The molecular weight excluding hydrogens is 178 g/mol. The largest absolute Gasteiger partial charge is 0.395 e. The number of hydrogen-bond acceptors (Lipinski definition) is 3. The summed E-state index contributed by atoms with van der Waals surface area (Å²) in [7, 11) is 0. The van der Waals surface area contributed by atoms with Crippen molar-refractivity contribution in [3.63, 3.8) is 0 Å². The quantitative estimate of drug-likeness (QED) is 0.731. The number of rotatable bonds is 3. The molecule has 2 N–H and O–H groups in total. The zero-order valence-electron chi connectivity index (χ0n) is 8.48. The lowest BCUT2D eigenvalue weighted by molar-refractivity contribution is 0.242. The van der Waals surface area contributed by atoms with Gasteiger partial charge in [-0.15, -0.1) is 0 Å². The first kappa shape index (κ1) is 9.68. The number of hydrogen-bond donors (Lipinski definition) is 2. The summed E-state index contributed by atoms with van der Waals surface area (Å²) < 4.78 is 2.15. The van der Waals surface area contributed by atoms with Crippen LogP contribution < -0.4 is 5.32 Å². The first-order valence-electron chi connectivity index (χ1n) is 5.22. The van der Waals surface area contributed by atoms with Gasteiger partial charge in [-0.05, 0) is 19.9 Å². The van der Waals surface area contributed by atoms with Crippen LogP contribution in [0, 0.1) is 0 Å². The highest BCUT2D eigenvalue weighted by Gasteiger charge is 2.30. The minimum atomic E-state index is 0.183. The van der Waals surface area contributed by atoms with E-state index < -0.39 is 0 Å². The molecule has 2 heterocycles. The van der Waals surface area contributed by atoms with E-state index in [1.54, 1.807) is 0 Å². The molecule has 2 atom stereocenters. The van der Waals surface area contributed by atoms with Gasteiger partial charge >= 0.3 is 0 Å². The first-order chi connectivity index (χ1) is 6.86. The maximum Gasteiger partial charge on any atom is 0.113 e. The Labute approximate surface area is 84.0 Å². The maximum absolute atomic E-state index is 9.20. The zero-order chi connectivity index (χ0) is 9.97. The van der Waals surface area contributed by atoms with Crippen LogP contribution in [0.1, 0.15) is 25.1 Å². The second kappa shape index (κ2) is 4.11. The van der Waals surface area contributed by atoms with Crippen LogP contribution in [0.3, 0.4) is 0 Å². The average molecular weight is 195 g/mol. The van der Waals surface area contributed by atoms with Crippen molar-refractivity contribution in [1.82, 2.24) is 14.9 Å². The number of aliphatic hydroxyl groups is 1. The monoisotopic (exact) mass is 195 g/mol. The van der Waals surface area contributed by atoms with E-state index in [2.05, 4.69) is 21.8 Å². The van der Waals surface area contributed by atoms with Gasteiger partial charge in [-0.25, -0.2) is 4.98 Å². The average Bonchev–Trinajstić information content (AvgIpc) is 2.85. The van der Waals surface area contributed by atoms with Crippen molar-refractivity contribution in [2.45, 2.75) is 31.8 Å². The molecule has 0 amide bonds. The summed E-state index contributed by atoms with van der Waals surface area (Å²) in [6, 6.07) is 0.183. The van der Waals surface area contributed by atoms with E-state index in [-0.39, 0.29) is 12.6 Å². The molecule has 2 unspecified atom stereocenters. The minimum absolute atomic E-state index is 0.183. The lowest BCUT2D eigenvalue weighted by Gasteiger charge is -2.17. The van der Waals surface area contributed by atoms with Crippen LogP contribution in [0.15, 0.2) is 12.4 Å². The van der Waals surface area contributed by atoms with E-state index in [4.69, 9.17) is 0 Å². The Morgan fingerprint density at radius 1 is 1.71 bits per heavy atom. The van der Waals surface area contributed by atoms with Crippen LogP contribution in [-0.2, 0) is 6.54 Å². The van der Waals surface area contributed by atoms with Crippen LogP contribution in [0.25, 0.3) is 0 Å². The predicted molar refractivity (Wildman–Crippen MR) is 54.1 cm³/mol. The van der Waals surface area contributed by atoms with Crippen LogP contribution in [0.5, 0.6) is 0 Å². The number of aryl methyl sites for hydroxylation is 1. The Kier molecular flexibility index (Phi) is 2.84. The van der Waals surface area contributed by atoms with Crippen LogP contribution in [-0.4, -0.2) is 33.9 Å². The van der Waals surface area contributed by atoms with Crippen molar-refractivity contribution in [2.24, 2.45) is 0 Å². The molecule has 0 aliphatic carbocycles. The molecule has 0 aromatic carbocycles. The van der Waals surface area contributed by atoms with Gasteiger partial charge in [0.1, 0.15) is 5.82 Å². The highest BCUT2D eigenvalue weighted by atomic mass is 16.3. The van der Waals surface area contributed by atoms with Crippen molar-refractivity contribution in [1.29, 1.82) is 0 Å². The van der Waals surface area contributed by atoms with E-state index >= 15 is 0 Å². The Balaban J connectivity index is 2.21. The van der Waals surface area contributed by atoms with Gasteiger partial charge in [0, 0.05) is 30.9 Å². The lowest BCUT2D eigenvalue weighted by atomic mass is 10.0. The van der Waals surface area contributed by atoms with E-state index in [9.17, 15) is 5.11 Å². The van der Waals surface area contributed by atoms with Crippen molar-refractivity contribution in [3.8, 4) is 0 Å². The molecule has 4 heteroatoms. The highest BCUT2D eigenvalue weighted by Crippen LogP contribution is 2.26. The highest BCUT2D eigenvalue weighted by molar-refractivity contribution is 5.08. The summed E-state index contributed by atoms with van der Waals surface area (Å²) >= 11 is 0. The number of imidazole rings is 1. The van der Waals surface area contributed by atoms with Crippen molar-refractivity contribution < 1.29 is 5.11 Å². The molecule has 1 saturated heterocycles. The van der Waals surface area contributed by atoms with Crippen molar-refractivity contribution in [3.05, 3.63) is 18.2 Å². The molecular formula is C10H17N3O. The molecule has 1 fully saturated rings. The number of aliphatic hydroxyl groups excluding tert-OH is 1. The van der Waals surface area contributed by atoms with Crippen LogP contribution in [0.2, 0.25) is 0 Å². The fourth-order valence-electron chi connectivity index (χ4n) is 2.19. The molecule has 0 spiro atoms. The summed E-state index contributed by atoms with van der Waals surface area (Å²) in [5, 5.41) is 12.5. The standard InChI is InChI=1S/C10H17N3O/c1-2-13-6-5-12-10(13)8-3-4-11-9(8)7-14/h5-6,8-9,11,14H,2-4,7H2,1H3. The Bertz CT molecular complexity index is 297. The molecule has 4 nitrogen and oxygen atoms in total. The topological polar surface area (TPSA) is 50.1 Å². The molecule has 1 aromatic heterocycles. The summed E-state index contributed by atoms with van der Waals surface area (Å²) in [6.07, 6.45) is 4.91. The van der Waals surface area contributed by atoms with Gasteiger partial charge in [0.05, 0.1) is 6.61 Å². The van der Waals surface area contributed by atoms with Gasteiger partial charge in [0.15, 0.2) is 0 Å². The second-order valence-corrected chi connectivity index (χ2v) is 3.71. The van der Waals surface area contributed by atoms with Crippen molar-refractivity contribution in [2.75, 3.05) is 13.2 Å².